The first kappa shape index (κ1) is 11.8. The van der Waals surface area contributed by atoms with E-state index in [2.05, 4.69) is 0 Å². The minimum absolute atomic E-state index is 0.140. The molecule has 2 aliphatic rings. The van der Waals surface area contributed by atoms with Crippen LogP contribution in [-0.4, -0.2) is 59.0 Å². The largest absolute Gasteiger partial charge is 0.480 e. The van der Waals surface area contributed by atoms with Crippen LogP contribution in [0.15, 0.2) is 0 Å². The molecule has 2 rings (SSSR count). The quantitative estimate of drug-likeness (QED) is 0.717. The number of hydrogen-bond donors (Lipinski definition) is 2. The van der Waals surface area contributed by atoms with Crippen molar-refractivity contribution in [3.05, 3.63) is 0 Å². The van der Waals surface area contributed by atoms with E-state index in [0.29, 0.717) is 19.5 Å². The summed E-state index contributed by atoms with van der Waals surface area (Å²) in [7, 11) is 0. The van der Waals surface area contributed by atoms with Gasteiger partial charge in [-0.15, -0.1) is 0 Å². The molecule has 0 aromatic rings. The van der Waals surface area contributed by atoms with Gasteiger partial charge in [0.15, 0.2) is 0 Å². The van der Waals surface area contributed by atoms with E-state index in [-0.39, 0.29) is 6.10 Å². The highest BCUT2D eigenvalue weighted by molar-refractivity contribution is 5.74. The van der Waals surface area contributed by atoms with E-state index >= 15 is 0 Å². The van der Waals surface area contributed by atoms with Crippen molar-refractivity contribution < 1.29 is 19.7 Å². The molecule has 3 unspecified atom stereocenters. The Morgan fingerprint density at radius 3 is 2.88 bits per heavy atom. The summed E-state index contributed by atoms with van der Waals surface area (Å²) in [5.74, 6) is -0.840. The Hall–Kier alpha value is -0.650. The number of β-amino-alcohol motifs (C(OH)–C–C–N with tert-alkyl or cyclic N) is 1. The molecule has 92 valence electrons. The number of hydrogen-bond acceptors (Lipinski definition) is 4. The van der Waals surface area contributed by atoms with Crippen molar-refractivity contribution in [2.24, 2.45) is 0 Å². The zero-order chi connectivity index (χ0) is 11.5. The first-order valence-corrected chi connectivity index (χ1v) is 5.93. The van der Waals surface area contributed by atoms with Crippen LogP contribution in [0.25, 0.3) is 0 Å². The molecule has 2 heterocycles. The molecule has 0 aliphatic carbocycles. The number of aliphatic hydroxyl groups excluding tert-OH is 1. The van der Waals surface area contributed by atoms with E-state index in [4.69, 9.17) is 9.84 Å². The third-order valence-electron chi connectivity index (χ3n) is 3.38. The molecule has 3 atom stereocenters. The molecule has 0 radical (unpaired) electrons. The molecule has 0 aromatic heterocycles. The molecular formula is C11H19NO4. The minimum atomic E-state index is -0.840. The van der Waals surface area contributed by atoms with E-state index in [1.807, 2.05) is 4.90 Å². The van der Waals surface area contributed by atoms with E-state index in [0.717, 1.165) is 25.9 Å². The molecule has 5 nitrogen and oxygen atoms in total. The molecule has 2 saturated heterocycles. The van der Waals surface area contributed by atoms with Gasteiger partial charge in [-0.2, -0.15) is 0 Å². The Balaban J connectivity index is 1.89. The van der Waals surface area contributed by atoms with Gasteiger partial charge in [0.2, 0.25) is 0 Å². The second-order valence-corrected chi connectivity index (χ2v) is 4.69. The van der Waals surface area contributed by atoms with Gasteiger partial charge < -0.3 is 14.9 Å². The van der Waals surface area contributed by atoms with Crippen LogP contribution in [-0.2, 0) is 9.53 Å². The highest BCUT2D eigenvalue weighted by Gasteiger charge is 2.37. The normalized spacial score (nSPS) is 36.4. The SMILES string of the molecule is O=C(O)C1CC(O)CN1CC1CCCCO1. The summed E-state index contributed by atoms with van der Waals surface area (Å²) >= 11 is 0. The van der Waals surface area contributed by atoms with E-state index in [9.17, 15) is 9.90 Å². The topological polar surface area (TPSA) is 70.0 Å². The first-order chi connectivity index (χ1) is 7.66. The lowest BCUT2D eigenvalue weighted by molar-refractivity contribution is -0.142. The zero-order valence-electron chi connectivity index (χ0n) is 9.34. The van der Waals surface area contributed by atoms with Crippen molar-refractivity contribution in [2.45, 2.75) is 43.9 Å². The number of likely N-dealkylation sites (tertiary alicyclic amines) is 1. The van der Waals surface area contributed by atoms with Gasteiger partial charge in [-0.05, 0) is 19.3 Å². The smallest absolute Gasteiger partial charge is 0.321 e. The lowest BCUT2D eigenvalue weighted by atomic mass is 10.1. The number of aliphatic carboxylic acids is 1. The Morgan fingerprint density at radius 2 is 2.25 bits per heavy atom. The molecule has 2 N–H and O–H groups in total. The maximum absolute atomic E-state index is 11.0. The van der Waals surface area contributed by atoms with E-state index in [1.165, 1.54) is 0 Å². The molecule has 5 heteroatoms. The second kappa shape index (κ2) is 5.12. The molecule has 2 fully saturated rings. The summed E-state index contributed by atoms with van der Waals surface area (Å²) < 4.78 is 5.59. The number of aliphatic hydroxyl groups is 1. The van der Waals surface area contributed by atoms with Gasteiger partial charge in [0.1, 0.15) is 6.04 Å². The van der Waals surface area contributed by atoms with Gasteiger partial charge in [-0.3, -0.25) is 9.69 Å². The predicted octanol–water partition coefficient (Wildman–Crippen LogP) is 0.0753. The number of carbonyl (C=O) groups is 1. The maximum Gasteiger partial charge on any atom is 0.321 e. The van der Waals surface area contributed by atoms with Crippen molar-refractivity contribution in [1.29, 1.82) is 0 Å². The van der Waals surface area contributed by atoms with Gasteiger partial charge in [0.05, 0.1) is 12.2 Å². The standard InChI is InChI=1S/C11H19NO4/c13-8-5-10(11(14)15)12(6-8)7-9-3-1-2-4-16-9/h8-10,13H,1-7H2,(H,14,15). The summed E-state index contributed by atoms with van der Waals surface area (Å²) in [5, 5.41) is 18.5. The molecule has 16 heavy (non-hydrogen) atoms. The Labute approximate surface area is 95.0 Å². The lowest BCUT2D eigenvalue weighted by Gasteiger charge is -2.29. The minimum Gasteiger partial charge on any atom is -0.480 e. The molecule has 2 aliphatic heterocycles. The van der Waals surface area contributed by atoms with Crippen LogP contribution in [0, 0.1) is 0 Å². The average molecular weight is 229 g/mol. The molecule has 0 saturated carbocycles. The van der Waals surface area contributed by atoms with Gasteiger partial charge in [0, 0.05) is 26.1 Å². The number of nitrogens with zero attached hydrogens (tertiary/aromatic N) is 1. The summed E-state index contributed by atoms with van der Waals surface area (Å²) in [4.78, 5) is 12.8. The van der Waals surface area contributed by atoms with Crippen LogP contribution < -0.4 is 0 Å². The third kappa shape index (κ3) is 2.72. The van der Waals surface area contributed by atoms with E-state index in [1.54, 1.807) is 0 Å². The molecule has 0 spiro atoms. The monoisotopic (exact) mass is 229 g/mol. The van der Waals surface area contributed by atoms with Crippen LogP contribution in [0.1, 0.15) is 25.7 Å². The molecule has 0 aromatic carbocycles. The molecular weight excluding hydrogens is 210 g/mol. The van der Waals surface area contributed by atoms with Crippen LogP contribution >= 0.6 is 0 Å². The lowest BCUT2D eigenvalue weighted by Crippen LogP contribution is -2.42. The summed E-state index contributed by atoms with van der Waals surface area (Å²) in [6.45, 7) is 1.86. The Kier molecular flexibility index (Phi) is 3.78. The summed E-state index contributed by atoms with van der Waals surface area (Å²) in [6, 6.07) is -0.541. The van der Waals surface area contributed by atoms with Crippen LogP contribution in [0.3, 0.4) is 0 Å². The van der Waals surface area contributed by atoms with Crippen molar-refractivity contribution in [1.82, 2.24) is 4.90 Å². The number of rotatable bonds is 3. The van der Waals surface area contributed by atoms with Crippen LogP contribution in [0.4, 0.5) is 0 Å². The highest BCUT2D eigenvalue weighted by Crippen LogP contribution is 2.21. The van der Waals surface area contributed by atoms with Crippen molar-refractivity contribution >= 4 is 5.97 Å². The summed E-state index contributed by atoms with van der Waals surface area (Å²) in [5.41, 5.74) is 0. The van der Waals surface area contributed by atoms with Crippen molar-refractivity contribution in [3.8, 4) is 0 Å². The Bertz CT molecular complexity index is 252. The van der Waals surface area contributed by atoms with Gasteiger partial charge in [-0.1, -0.05) is 0 Å². The van der Waals surface area contributed by atoms with Gasteiger partial charge >= 0.3 is 5.97 Å². The van der Waals surface area contributed by atoms with Gasteiger partial charge in [-0.25, -0.2) is 0 Å². The third-order valence-corrected chi connectivity index (χ3v) is 3.38. The second-order valence-electron chi connectivity index (χ2n) is 4.69. The fourth-order valence-electron chi connectivity index (χ4n) is 2.55. The first-order valence-electron chi connectivity index (χ1n) is 5.93. The number of carboxylic acid groups (broad SMARTS) is 1. The van der Waals surface area contributed by atoms with Crippen LogP contribution in [0.5, 0.6) is 0 Å². The number of carboxylic acids is 1. The average Bonchev–Trinajstić information content (AvgIpc) is 2.61. The predicted molar refractivity (Wildman–Crippen MR) is 57.2 cm³/mol. The summed E-state index contributed by atoms with van der Waals surface area (Å²) in [6.07, 6.45) is 3.21. The van der Waals surface area contributed by atoms with Crippen molar-refractivity contribution in [3.63, 3.8) is 0 Å². The Morgan fingerprint density at radius 1 is 1.44 bits per heavy atom. The van der Waals surface area contributed by atoms with Crippen LogP contribution in [0.2, 0.25) is 0 Å². The molecule has 0 amide bonds. The van der Waals surface area contributed by atoms with Crippen molar-refractivity contribution in [2.75, 3.05) is 19.7 Å². The molecule has 0 bridgehead atoms. The number of ether oxygens (including phenoxy) is 1. The maximum atomic E-state index is 11.0. The fraction of sp³-hybridized carbons (Fsp3) is 0.909. The zero-order valence-corrected chi connectivity index (χ0v) is 9.34. The van der Waals surface area contributed by atoms with Gasteiger partial charge in [0.25, 0.3) is 0 Å². The fourth-order valence-corrected chi connectivity index (χ4v) is 2.55. The van der Waals surface area contributed by atoms with E-state index < -0.39 is 18.1 Å². The highest BCUT2D eigenvalue weighted by atomic mass is 16.5.